The summed E-state index contributed by atoms with van der Waals surface area (Å²) >= 11 is 1.61. The molecule has 0 bridgehead atoms. The Kier molecular flexibility index (Phi) is 4.14. The zero-order valence-electron chi connectivity index (χ0n) is 8.96. The monoisotopic (exact) mass is 211 g/mol. The average molecular weight is 211 g/mol. The molecule has 1 N–H and O–H groups in total. The summed E-state index contributed by atoms with van der Waals surface area (Å²) in [6, 6.07) is 1.88. The van der Waals surface area contributed by atoms with Crippen molar-refractivity contribution in [2.75, 3.05) is 6.54 Å². The van der Waals surface area contributed by atoms with Crippen molar-refractivity contribution in [3.8, 4) is 0 Å². The van der Waals surface area contributed by atoms with Crippen LogP contribution in [0.1, 0.15) is 35.5 Å². The van der Waals surface area contributed by atoms with Crippen LogP contribution in [0.2, 0.25) is 0 Å². The maximum atomic E-state index is 11.6. The summed E-state index contributed by atoms with van der Waals surface area (Å²) in [6.45, 7) is 7.05. The lowest BCUT2D eigenvalue weighted by atomic mass is 10.1. The van der Waals surface area contributed by atoms with Crippen molar-refractivity contribution < 1.29 is 4.79 Å². The third kappa shape index (κ3) is 3.14. The minimum atomic E-state index is 0.0596. The van der Waals surface area contributed by atoms with Gasteiger partial charge in [0.1, 0.15) is 0 Å². The summed E-state index contributed by atoms with van der Waals surface area (Å²) in [5, 5.41) is 4.88. The van der Waals surface area contributed by atoms with Crippen LogP contribution < -0.4 is 5.32 Å². The average Bonchev–Trinajstić information content (AvgIpc) is 2.50. The predicted octanol–water partition coefficient (Wildman–Crippen LogP) is 2.83. The molecule has 0 saturated heterocycles. The molecule has 1 amide bonds. The smallest absolute Gasteiger partial charge is 0.252 e. The topological polar surface area (TPSA) is 29.1 Å². The largest absolute Gasteiger partial charge is 0.352 e. The molecule has 0 aliphatic carbocycles. The second-order valence-corrected chi connectivity index (χ2v) is 4.95. The van der Waals surface area contributed by atoms with E-state index in [0.29, 0.717) is 5.92 Å². The van der Waals surface area contributed by atoms with Gasteiger partial charge in [0, 0.05) is 11.4 Å². The van der Waals surface area contributed by atoms with Gasteiger partial charge >= 0.3 is 0 Å². The number of carbonyl (C=O) groups excluding carboxylic acids is 1. The number of thiophene rings is 1. The molecule has 14 heavy (non-hydrogen) atoms. The summed E-state index contributed by atoms with van der Waals surface area (Å²) < 4.78 is 0. The van der Waals surface area contributed by atoms with Gasteiger partial charge in [-0.25, -0.2) is 0 Å². The molecule has 2 nitrogen and oxygen atoms in total. The van der Waals surface area contributed by atoms with E-state index in [4.69, 9.17) is 0 Å². The molecule has 0 radical (unpaired) electrons. The van der Waals surface area contributed by atoms with Gasteiger partial charge in [-0.3, -0.25) is 4.79 Å². The molecule has 0 aliphatic rings. The van der Waals surface area contributed by atoms with Crippen molar-refractivity contribution in [1.82, 2.24) is 5.32 Å². The van der Waals surface area contributed by atoms with Crippen LogP contribution in [0.4, 0.5) is 0 Å². The highest BCUT2D eigenvalue weighted by Crippen LogP contribution is 2.14. The Labute approximate surface area is 89.3 Å². The molecule has 1 rings (SSSR count). The van der Waals surface area contributed by atoms with E-state index in [-0.39, 0.29) is 5.91 Å². The van der Waals surface area contributed by atoms with E-state index in [1.54, 1.807) is 11.3 Å². The summed E-state index contributed by atoms with van der Waals surface area (Å²) in [7, 11) is 0. The van der Waals surface area contributed by atoms with Crippen LogP contribution >= 0.6 is 11.3 Å². The first-order chi connectivity index (χ1) is 6.61. The standard InChI is InChI=1S/C11H17NOS/c1-8(2)4-6-12-11(13)10-5-7-14-9(10)3/h5,7-8H,4,6H2,1-3H3,(H,12,13). The fourth-order valence-corrected chi connectivity index (χ4v) is 1.89. The molecule has 3 heteroatoms. The highest BCUT2D eigenvalue weighted by atomic mass is 32.1. The van der Waals surface area contributed by atoms with Crippen LogP contribution in [0.3, 0.4) is 0 Å². The molecule has 0 unspecified atom stereocenters. The second kappa shape index (κ2) is 5.15. The Morgan fingerprint density at radius 2 is 2.29 bits per heavy atom. The van der Waals surface area contributed by atoms with Gasteiger partial charge in [-0.2, -0.15) is 0 Å². The van der Waals surface area contributed by atoms with Crippen LogP contribution in [0.5, 0.6) is 0 Å². The van der Waals surface area contributed by atoms with Crippen molar-refractivity contribution in [2.24, 2.45) is 5.92 Å². The highest BCUT2D eigenvalue weighted by Gasteiger charge is 2.08. The first kappa shape index (κ1) is 11.2. The van der Waals surface area contributed by atoms with Crippen molar-refractivity contribution in [3.05, 3.63) is 21.9 Å². The van der Waals surface area contributed by atoms with E-state index >= 15 is 0 Å². The Hall–Kier alpha value is -0.830. The zero-order chi connectivity index (χ0) is 10.6. The number of nitrogens with one attached hydrogen (secondary N) is 1. The van der Waals surface area contributed by atoms with Crippen LogP contribution in [0.15, 0.2) is 11.4 Å². The molecular weight excluding hydrogens is 194 g/mol. The summed E-state index contributed by atoms with van der Waals surface area (Å²) in [6.07, 6.45) is 1.04. The molecule has 1 heterocycles. The molecule has 0 spiro atoms. The fourth-order valence-electron chi connectivity index (χ4n) is 1.19. The minimum Gasteiger partial charge on any atom is -0.352 e. The Balaban J connectivity index is 2.40. The third-order valence-electron chi connectivity index (χ3n) is 2.11. The number of amides is 1. The van der Waals surface area contributed by atoms with E-state index in [0.717, 1.165) is 23.4 Å². The molecule has 0 aromatic carbocycles. The maximum Gasteiger partial charge on any atom is 0.252 e. The normalized spacial score (nSPS) is 10.6. The summed E-state index contributed by atoms with van der Waals surface area (Å²) in [4.78, 5) is 12.7. The number of hydrogen-bond acceptors (Lipinski definition) is 2. The summed E-state index contributed by atoms with van der Waals surface area (Å²) in [5.74, 6) is 0.697. The molecule has 78 valence electrons. The van der Waals surface area contributed by atoms with Gasteiger partial charge in [-0.15, -0.1) is 11.3 Å². The Morgan fingerprint density at radius 1 is 1.57 bits per heavy atom. The quantitative estimate of drug-likeness (QED) is 0.815. The molecule has 0 aliphatic heterocycles. The van der Waals surface area contributed by atoms with Gasteiger partial charge in [-0.1, -0.05) is 13.8 Å². The number of rotatable bonds is 4. The maximum absolute atomic E-state index is 11.6. The van der Waals surface area contributed by atoms with Gasteiger partial charge in [0.25, 0.3) is 5.91 Å². The van der Waals surface area contributed by atoms with Crippen molar-refractivity contribution in [2.45, 2.75) is 27.2 Å². The first-order valence-electron chi connectivity index (χ1n) is 4.93. The van der Waals surface area contributed by atoms with E-state index < -0.39 is 0 Å². The second-order valence-electron chi connectivity index (χ2n) is 3.83. The van der Waals surface area contributed by atoms with Gasteiger partial charge in [0.15, 0.2) is 0 Å². The van der Waals surface area contributed by atoms with E-state index in [9.17, 15) is 4.79 Å². The lowest BCUT2D eigenvalue weighted by Gasteiger charge is -2.06. The van der Waals surface area contributed by atoms with E-state index in [2.05, 4.69) is 19.2 Å². The molecule has 0 saturated carbocycles. The Bertz CT molecular complexity index is 304. The minimum absolute atomic E-state index is 0.0596. The van der Waals surface area contributed by atoms with E-state index in [1.165, 1.54) is 0 Å². The van der Waals surface area contributed by atoms with Crippen LogP contribution in [-0.2, 0) is 0 Å². The first-order valence-corrected chi connectivity index (χ1v) is 5.81. The van der Waals surface area contributed by atoms with Crippen molar-refractivity contribution in [1.29, 1.82) is 0 Å². The summed E-state index contributed by atoms with van der Waals surface area (Å²) in [5.41, 5.74) is 0.818. The van der Waals surface area contributed by atoms with Gasteiger partial charge in [-0.05, 0) is 30.7 Å². The van der Waals surface area contributed by atoms with Crippen LogP contribution in [0, 0.1) is 12.8 Å². The molecular formula is C11H17NOS. The van der Waals surface area contributed by atoms with Crippen molar-refractivity contribution >= 4 is 17.2 Å². The highest BCUT2D eigenvalue weighted by molar-refractivity contribution is 7.10. The van der Waals surface area contributed by atoms with Gasteiger partial charge in [0.05, 0.1) is 5.56 Å². The van der Waals surface area contributed by atoms with Gasteiger partial charge < -0.3 is 5.32 Å². The van der Waals surface area contributed by atoms with Crippen LogP contribution in [-0.4, -0.2) is 12.5 Å². The predicted molar refractivity (Wildman–Crippen MR) is 60.8 cm³/mol. The molecule has 0 fully saturated rings. The van der Waals surface area contributed by atoms with E-state index in [1.807, 2.05) is 18.4 Å². The molecule has 0 atom stereocenters. The lowest BCUT2D eigenvalue weighted by molar-refractivity contribution is 0.0952. The number of hydrogen-bond donors (Lipinski definition) is 1. The number of carbonyl (C=O) groups is 1. The zero-order valence-corrected chi connectivity index (χ0v) is 9.78. The number of aryl methyl sites for hydroxylation is 1. The van der Waals surface area contributed by atoms with Gasteiger partial charge in [0.2, 0.25) is 0 Å². The fraction of sp³-hybridized carbons (Fsp3) is 0.545. The molecule has 1 aromatic rings. The molecule has 1 aromatic heterocycles. The SMILES string of the molecule is Cc1sccc1C(=O)NCCC(C)C. The third-order valence-corrected chi connectivity index (χ3v) is 2.96. The Morgan fingerprint density at radius 3 is 2.79 bits per heavy atom. The van der Waals surface area contributed by atoms with Crippen molar-refractivity contribution in [3.63, 3.8) is 0 Å². The lowest BCUT2D eigenvalue weighted by Crippen LogP contribution is -2.25. The van der Waals surface area contributed by atoms with Crippen LogP contribution in [0.25, 0.3) is 0 Å².